The van der Waals surface area contributed by atoms with Crippen molar-refractivity contribution in [2.24, 2.45) is 23.2 Å². The van der Waals surface area contributed by atoms with Gasteiger partial charge in [0.25, 0.3) is 0 Å². The molecule has 0 spiro atoms. The molecule has 0 atom stereocenters. The van der Waals surface area contributed by atoms with Crippen molar-refractivity contribution >= 4 is 11.6 Å². The Hall–Kier alpha value is -1.51. The topological polar surface area (TPSA) is 55.1 Å². The quantitative estimate of drug-likeness (QED) is 0.838. The van der Waals surface area contributed by atoms with Crippen molar-refractivity contribution in [3.63, 3.8) is 0 Å². The summed E-state index contributed by atoms with van der Waals surface area (Å²) < 4.78 is 0. The van der Waals surface area contributed by atoms with Crippen molar-refractivity contribution in [3.05, 3.63) is 29.8 Å². The van der Waals surface area contributed by atoms with Gasteiger partial charge in [0.15, 0.2) is 0 Å². The summed E-state index contributed by atoms with van der Waals surface area (Å²) in [6.07, 6.45) is 7.53. The van der Waals surface area contributed by atoms with Crippen LogP contribution in [0.1, 0.15) is 44.1 Å². The largest absolute Gasteiger partial charge is 0.399 e. The van der Waals surface area contributed by atoms with E-state index in [1.54, 1.807) is 0 Å². The molecule has 3 heteroatoms. The fraction of sp³-hybridized carbons (Fsp3) is 0.611. The Kier molecular flexibility index (Phi) is 2.98. The Bertz CT molecular complexity index is 514. The molecule has 1 aromatic carbocycles. The third-order valence-corrected chi connectivity index (χ3v) is 5.95. The number of hydrogen-bond acceptors (Lipinski definition) is 2. The predicted molar refractivity (Wildman–Crippen MR) is 83.3 cm³/mol. The molecule has 0 heterocycles. The van der Waals surface area contributed by atoms with Gasteiger partial charge in [-0.2, -0.15) is 0 Å². The average molecular weight is 284 g/mol. The van der Waals surface area contributed by atoms with Crippen LogP contribution < -0.4 is 11.1 Å². The Morgan fingerprint density at radius 2 is 1.57 bits per heavy atom. The van der Waals surface area contributed by atoms with E-state index in [1.807, 2.05) is 24.3 Å². The van der Waals surface area contributed by atoms with Crippen LogP contribution in [-0.4, -0.2) is 5.91 Å². The monoisotopic (exact) mass is 284 g/mol. The zero-order valence-electron chi connectivity index (χ0n) is 12.5. The number of carbonyl (C=O) groups excluding carboxylic acids is 1. The summed E-state index contributed by atoms with van der Waals surface area (Å²) in [6.45, 7) is 0.626. The fourth-order valence-corrected chi connectivity index (χ4v) is 5.39. The zero-order chi connectivity index (χ0) is 14.4. The predicted octanol–water partition coefficient (Wildman–Crippen LogP) is 3.10. The maximum Gasteiger partial charge on any atom is 0.226 e. The van der Waals surface area contributed by atoms with E-state index in [0.29, 0.717) is 12.5 Å². The van der Waals surface area contributed by atoms with E-state index in [-0.39, 0.29) is 5.41 Å². The lowest BCUT2D eigenvalue weighted by Crippen LogP contribution is -2.53. The number of nitrogens with one attached hydrogen (secondary N) is 1. The molecule has 0 unspecified atom stereocenters. The van der Waals surface area contributed by atoms with Gasteiger partial charge >= 0.3 is 0 Å². The minimum Gasteiger partial charge on any atom is -0.399 e. The molecule has 0 saturated heterocycles. The summed E-state index contributed by atoms with van der Waals surface area (Å²) >= 11 is 0. The molecule has 3 N–H and O–H groups in total. The summed E-state index contributed by atoms with van der Waals surface area (Å²) in [5.74, 6) is 2.76. The van der Waals surface area contributed by atoms with E-state index in [9.17, 15) is 4.79 Å². The summed E-state index contributed by atoms with van der Waals surface area (Å²) in [5, 5.41) is 3.20. The Balaban J connectivity index is 1.44. The first-order valence-corrected chi connectivity index (χ1v) is 8.26. The minimum absolute atomic E-state index is 0.0391. The first-order chi connectivity index (χ1) is 10.1. The van der Waals surface area contributed by atoms with Crippen LogP contribution in [0.15, 0.2) is 24.3 Å². The lowest BCUT2D eigenvalue weighted by atomic mass is 9.49. The number of carbonyl (C=O) groups is 1. The number of amides is 1. The van der Waals surface area contributed by atoms with Crippen LogP contribution in [0.2, 0.25) is 0 Å². The van der Waals surface area contributed by atoms with E-state index in [2.05, 4.69) is 5.32 Å². The van der Waals surface area contributed by atoms with Gasteiger partial charge in [-0.15, -0.1) is 0 Å². The zero-order valence-corrected chi connectivity index (χ0v) is 12.5. The molecule has 3 nitrogen and oxygen atoms in total. The fourth-order valence-electron chi connectivity index (χ4n) is 5.39. The second-order valence-electron chi connectivity index (χ2n) is 7.62. The SMILES string of the molecule is Nc1ccc(CNC(=O)C23CC4CC(CC(C4)C2)C3)cc1. The lowest BCUT2D eigenvalue weighted by molar-refractivity contribution is -0.146. The summed E-state index contributed by atoms with van der Waals surface area (Å²) in [5.41, 5.74) is 7.56. The van der Waals surface area contributed by atoms with E-state index in [0.717, 1.165) is 48.3 Å². The molecule has 0 aliphatic heterocycles. The Morgan fingerprint density at radius 3 is 2.10 bits per heavy atom. The van der Waals surface area contributed by atoms with Gasteiger partial charge in [-0.25, -0.2) is 0 Å². The average Bonchev–Trinajstić information content (AvgIpc) is 2.45. The molecule has 4 saturated carbocycles. The normalized spacial score (nSPS) is 36.7. The van der Waals surface area contributed by atoms with Crippen LogP contribution in [0.4, 0.5) is 5.69 Å². The number of hydrogen-bond donors (Lipinski definition) is 2. The Labute approximate surface area is 126 Å². The molecular weight excluding hydrogens is 260 g/mol. The van der Waals surface area contributed by atoms with Gasteiger partial charge in [0.05, 0.1) is 0 Å². The molecule has 1 aromatic rings. The van der Waals surface area contributed by atoms with Crippen LogP contribution in [0, 0.1) is 23.2 Å². The number of nitrogen functional groups attached to an aromatic ring is 1. The van der Waals surface area contributed by atoms with Crippen molar-refractivity contribution in [1.82, 2.24) is 5.32 Å². The second kappa shape index (κ2) is 4.75. The van der Waals surface area contributed by atoms with Crippen molar-refractivity contribution in [2.75, 3.05) is 5.73 Å². The van der Waals surface area contributed by atoms with Gasteiger partial charge in [-0.1, -0.05) is 12.1 Å². The van der Waals surface area contributed by atoms with E-state index >= 15 is 0 Å². The van der Waals surface area contributed by atoms with Crippen LogP contribution in [-0.2, 0) is 11.3 Å². The molecule has 4 aliphatic carbocycles. The van der Waals surface area contributed by atoms with Crippen LogP contribution in [0.3, 0.4) is 0 Å². The molecule has 4 bridgehead atoms. The standard InChI is InChI=1S/C18H24N2O/c19-16-3-1-12(2-4-16)11-20-17(21)18-8-13-5-14(9-18)7-15(6-13)10-18/h1-4,13-15H,5-11,19H2,(H,20,21). The van der Waals surface area contributed by atoms with E-state index in [4.69, 9.17) is 5.73 Å². The van der Waals surface area contributed by atoms with Gasteiger partial charge < -0.3 is 11.1 Å². The minimum atomic E-state index is -0.0391. The highest BCUT2D eigenvalue weighted by Crippen LogP contribution is 2.60. The van der Waals surface area contributed by atoms with Gasteiger partial charge in [-0.05, 0) is 74.0 Å². The molecule has 4 fully saturated rings. The molecule has 1 amide bonds. The number of anilines is 1. The first-order valence-electron chi connectivity index (χ1n) is 8.26. The van der Waals surface area contributed by atoms with Crippen molar-refractivity contribution in [3.8, 4) is 0 Å². The van der Waals surface area contributed by atoms with E-state index in [1.165, 1.54) is 19.3 Å². The number of benzene rings is 1. The van der Waals surface area contributed by atoms with Crippen molar-refractivity contribution < 1.29 is 4.79 Å². The van der Waals surface area contributed by atoms with Crippen LogP contribution in [0.5, 0.6) is 0 Å². The molecule has 112 valence electrons. The van der Waals surface area contributed by atoms with Gasteiger partial charge in [0.1, 0.15) is 0 Å². The van der Waals surface area contributed by atoms with E-state index < -0.39 is 0 Å². The van der Waals surface area contributed by atoms with Crippen molar-refractivity contribution in [1.29, 1.82) is 0 Å². The highest BCUT2D eigenvalue weighted by Gasteiger charge is 2.54. The van der Waals surface area contributed by atoms with Crippen LogP contribution in [0.25, 0.3) is 0 Å². The third kappa shape index (κ3) is 2.33. The first kappa shape index (κ1) is 13.2. The summed E-state index contributed by atoms with van der Waals surface area (Å²) in [4.78, 5) is 12.8. The highest BCUT2D eigenvalue weighted by atomic mass is 16.2. The summed E-state index contributed by atoms with van der Waals surface area (Å²) in [6, 6.07) is 7.78. The maximum atomic E-state index is 12.8. The molecule has 0 radical (unpaired) electrons. The summed E-state index contributed by atoms with van der Waals surface area (Å²) in [7, 11) is 0. The smallest absolute Gasteiger partial charge is 0.226 e. The third-order valence-electron chi connectivity index (χ3n) is 5.95. The van der Waals surface area contributed by atoms with Gasteiger partial charge in [0, 0.05) is 17.6 Å². The second-order valence-corrected chi connectivity index (χ2v) is 7.62. The van der Waals surface area contributed by atoms with Gasteiger partial charge in [-0.3, -0.25) is 4.79 Å². The number of nitrogens with two attached hydrogens (primary N) is 1. The highest BCUT2D eigenvalue weighted by molar-refractivity contribution is 5.83. The van der Waals surface area contributed by atoms with Gasteiger partial charge in [0.2, 0.25) is 5.91 Å². The molecule has 5 rings (SSSR count). The Morgan fingerprint density at radius 1 is 1.05 bits per heavy atom. The molecule has 4 aliphatic rings. The maximum absolute atomic E-state index is 12.8. The number of rotatable bonds is 3. The lowest BCUT2D eigenvalue weighted by Gasteiger charge is -2.55. The molecular formula is C18H24N2O. The molecule has 0 aromatic heterocycles. The van der Waals surface area contributed by atoms with Crippen LogP contribution >= 0.6 is 0 Å². The molecule has 21 heavy (non-hydrogen) atoms. The van der Waals surface area contributed by atoms with Crippen molar-refractivity contribution in [2.45, 2.75) is 45.1 Å².